The van der Waals surface area contributed by atoms with Crippen molar-refractivity contribution in [2.75, 3.05) is 16.3 Å². The van der Waals surface area contributed by atoms with Crippen LogP contribution in [0.2, 0.25) is 0 Å². The van der Waals surface area contributed by atoms with Crippen LogP contribution in [0.15, 0.2) is 60.9 Å². The molecule has 0 spiro atoms. The maximum absolute atomic E-state index is 13.1. The normalized spacial score (nSPS) is 16.6. The Kier molecular flexibility index (Phi) is 4.49. The molecule has 0 saturated carbocycles. The highest BCUT2D eigenvalue weighted by atomic mass is 19.3. The molecule has 0 unspecified atom stereocenters. The predicted molar refractivity (Wildman–Crippen MR) is 99.4 cm³/mol. The van der Waals surface area contributed by atoms with Crippen LogP contribution in [0.1, 0.15) is 0 Å². The number of nitriles is 1. The molecular weight excluding hydrogens is 366 g/mol. The van der Waals surface area contributed by atoms with Gasteiger partial charge < -0.3 is 4.74 Å². The molecule has 2 amide bonds. The zero-order valence-corrected chi connectivity index (χ0v) is 14.5. The van der Waals surface area contributed by atoms with Crippen LogP contribution in [0.3, 0.4) is 0 Å². The number of aromatic nitrogens is 1. The predicted octanol–water partition coefficient (Wildman–Crippen LogP) is 4.17. The van der Waals surface area contributed by atoms with Crippen molar-refractivity contribution in [3.05, 3.63) is 60.9 Å². The maximum atomic E-state index is 13.1. The van der Waals surface area contributed by atoms with Crippen LogP contribution < -0.4 is 14.5 Å². The van der Waals surface area contributed by atoms with E-state index in [-0.39, 0.29) is 12.3 Å². The monoisotopic (exact) mass is 380 g/mol. The van der Waals surface area contributed by atoms with E-state index >= 15 is 0 Å². The van der Waals surface area contributed by atoms with E-state index in [1.54, 1.807) is 18.5 Å². The largest absolute Gasteiger partial charge is 0.435 e. The van der Waals surface area contributed by atoms with Crippen LogP contribution in [-0.4, -0.2) is 30.2 Å². The van der Waals surface area contributed by atoms with Gasteiger partial charge >= 0.3 is 12.6 Å². The van der Waals surface area contributed by atoms with E-state index in [2.05, 4.69) is 15.8 Å². The van der Waals surface area contributed by atoms with Crippen LogP contribution >= 0.6 is 0 Å². The van der Waals surface area contributed by atoms with E-state index in [1.165, 1.54) is 28.0 Å². The number of amides is 2. The van der Waals surface area contributed by atoms with Gasteiger partial charge in [0.05, 0.1) is 24.5 Å². The fourth-order valence-electron chi connectivity index (χ4n) is 3.30. The molecule has 2 aromatic carbocycles. The molecule has 0 radical (unpaired) electrons. The lowest BCUT2D eigenvalue weighted by Gasteiger charge is -2.21. The summed E-state index contributed by atoms with van der Waals surface area (Å²) in [7, 11) is 0. The topological polar surface area (TPSA) is 69.5 Å². The Bertz CT molecular complexity index is 1080. The quantitative estimate of drug-likeness (QED) is 0.681. The van der Waals surface area contributed by atoms with Gasteiger partial charge in [0.15, 0.2) is 0 Å². The molecule has 28 heavy (non-hydrogen) atoms. The maximum Gasteiger partial charge on any atom is 0.387 e. The number of anilines is 2. The molecule has 0 bridgehead atoms. The van der Waals surface area contributed by atoms with Gasteiger partial charge in [-0.3, -0.25) is 14.8 Å². The molecule has 1 saturated heterocycles. The highest BCUT2D eigenvalue weighted by molar-refractivity contribution is 6.11. The van der Waals surface area contributed by atoms with Gasteiger partial charge in [-0.15, -0.1) is 0 Å². The van der Waals surface area contributed by atoms with Crippen LogP contribution in [0.5, 0.6) is 5.75 Å². The van der Waals surface area contributed by atoms with Gasteiger partial charge in [-0.1, -0.05) is 30.3 Å². The molecular formula is C20H14F2N4O2. The minimum atomic E-state index is -2.96. The number of fused-ring (bicyclic) bond motifs is 1. The minimum absolute atomic E-state index is 0.0564. The number of carbonyl (C=O) groups excluding carboxylic acids is 1. The van der Waals surface area contributed by atoms with Gasteiger partial charge in [0, 0.05) is 28.7 Å². The van der Waals surface area contributed by atoms with Crippen molar-refractivity contribution in [1.29, 1.82) is 5.26 Å². The number of rotatable bonds is 4. The van der Waals surface area contributed by atoms with Crippen molar-refractivity contribution in [2.24, 2.45) is 0 Å². The number of halogens is 2. The standard InChI is InChI=1S/C20H14F2N4O2/c21-19(22)28-16-6-3-5-14(8-16)25-12-15(9-23)26(20(25)27)18-11-24-10-13-4-1-2-7-17(13)18/h1-8,10-11,15,19H,12H2/t15-/m0/s1. The highest BCUT2D eigenvalue weighted by Crippen LogP contribution is 2.34. The summed E-state index contributed by atoms with van der Waals surface area (Å²) in [4.78, 5) is 20.1. The molecule has 1 aliphatic rings. The van der Waals surface area contributed by atoms with Gasteiger partial charge in [0.2, 0.25) is 0 Å². The van der Waals surface area contributed by atoms with E-state index in [0.717, 1.165) is 10.8 Å². The van der Waals surface area contributed by atoms with E-state index in [9.17, 15) is 18.8 Å². The lowest BCUT2D eigenvalue weighted by Crippen LogP contribution is -2.34. The fraction of sp³-hybridized carbons (Fsp3) is 0.150. The number of alkyl halides is 2. The first-order chi connectivity index (χ1) is 13.6. The van der Waals surface area contributed by atoms with Crippen molar-refractivity contribution in [2.45, 2.75) is 12.7 Å². The Morgan fingerprint density at radius 1 is 1.18 bits per heavy atom. The smallest absolute Gasteiger partial charge is 0.387 e. The summed E-state index contributed by atoms with van der Waals surface area (Å²) in [5, 5.41) is 11.2. The van der Waals surface area contributed by atoms with Gasteiger partial charge in [0.25, 0.3) is 0 Å². The molecule has 140 valence electrons. The SMILES string of the molecule is N#C[C@H]1CN(c2cccc(OC(F)F)c2)C(=O)N1c1cncc2ccccc12. The summed E-state index contributed by atoms with van der Waals surface area (Å²) in [6.07, 6.45) is 3.23. The number of hydrogen-bond donors (Lipinski definition) is 0. The Labute approximate surface area is 159 Å². The number of pyridine rings is 1. The molecule has 3 aromatic rings. The Morgan fingerprint density at radius 3 is 2.79 bits per heavy atom. The molecule has 4 rings (SSSR count). The van der Waals surface area contributed by atoms with E-state index < -0.39 is 18.7 Å². The minimum Gasteiger partial charge on any atom is -0.435 e. The number of nitrogens with zero attached hydrogens (tertiary/aromatic N) is 4. The first kappa shape index (κ1) is 17.7. The number of ether oxygens (including phenoxy) is 1. The molecule has 2 heterocycles. The van der Waals surface area contributed by atoms with Crippen molar-refractivity contribution >= 4 is 28.2 Å². The van der Waals surface area contributed by atoms with Crippen molar-refractivity contribution < 1.29 is 18.3 Å². The zero-order chi connectivity index (χ0) is 19.7. The molecule has 6 nitrogen and oxygen atoms in total. The Morgan fingerprint density at radius 2 is 2.00 bits per heavy atom. The van der Waals surface area contributed by atoms with Crippen molar-refractivity contribution in [1.82, 2.24) is 4.98 Å². The summed E-state index contributed by atoms with van der Waals surface area (Å²) in [6.45, 7) is -2.87. The van der Waals surface area contributed by atoms with E-state index in [0.29, 0.717) is 11.4 Å². The van der Waals surface area contributed by atoms with Gasteiger partial charge in [0.1, 0.15) is 11.8 Å². The molecule has 8 heteroatoms. The molecule has 0 aliphatic carbocycles. The summed E-state index contributed by atoms with van der Waals surface area (Å²) in [5.41, 5.74) is 0.899. The zero-order valence-electron chi connectivity index (χ0n) is 14.5. The van der Waals surface area contributed by atoms with Crippen molar-refractivity contribution in [3.8, 4) is 11.8 Å². The van der Waals surface area contributed by atoms with Gasteiger partial charge in [-0.05, 0) is 12.1 Å². The number of urea groups is 1. The van der Waals surface area contributed by atoms with Crippen molar-refractivity contribution in [3.63, 3.8) is 0 Å². The third-order valence-electron chi connectivity index (χ3n) is 4.51. The van der Waals surface area contributed by atoms with Crippen LogP contribution in [0, 0.1) is 11.3 Å². The first-order valence-electron chi connectivity index (χ1n) is 8.46. The molecule has 1 atom stereocenters. The van der Waals surface area contributed by atoms with Crippen LogP contribution in [0.25, 0.3) is 10.8 Å². The number of benzene rings is 2. The third-order valence-corrected chi connectivity index (χ3v) is 4.51. The molecule has 1 fully saturated rings. The summed E-state index contributed by atoms with van der Waals surface area (Å²) in [5.74, 6) is -0.0564. The van der Waals surface area contributed by atoms with Gasteiger partial charge in [-0.2, -0.15) is 14.0 Å². The second-order valence-corrected chi connectivity index (χ2v) is 6.16. The fourth-order valence-corrected chi connectivity index (χ4v) is 3.30. The summed E-state index contributed by atoms with van der Waals surface area (Å²) in [6, 6.07) is 14.2. The average Bonchev–Trinajstić information content (AvgIpc) is 3.03. The molecule has 0 N–H and O–H groups in total. The Hall–Kier alpha value is -3.73. The average molecular weight is 380 g/mol. The summed E-state index contributed by atoms with van der Waals surface area (Å²) >= 11 is 0. The van der Waals surface area contributed by atoms with Crippen LogP contribution in [-0.2, 0) is 0 Å². The molecule has 1 aliphatic heterocycles. The lowest BCUT2D eigenvalue weighted by atomic mass is 10.1. The Balaban J connectivity index is 1.73. The third kappa shape index (κ3) is 3.07. The van der Waals surface area contributed by atoms with Gasteiger partial charge in [-0.25, -0.2) is 4.79 Å². The number of hydrogen-bond acceptors (Lipinski definition) is 4. The van der Waals surface area contributed by atoms with Crippen LogP contribution in [0.4, 0.5) is 25.0 Å². The number of carbonyl (C=O) groups is 1. The van der Waals surface area contributed by atoms with E-state index in [1.807, 2.05) is 24.3 Å². The lowest BCUT2D eigenvalue weighted by molar-refractivity contribution is -0.0498. The summed E-state index contributed by atoms with van der Waals surface area (Å²) < 4.78 is 29.4. The highest BCUT2D eigenvalue weighted by Gasteiger charge is 2.40. The second-order valence-electron chi connectivity index (χ2n) is 6.16. The second kappa shape index (κ2) is 7.12. The molecule has 1 aromatic heterocycles. The first-order valence-corrected chi connectivity index (χ1v) is 8.46. The van der Waals surface area contributed by atoms with E-state index in [4.69, 9.17) is 0 Å².